The highest BCUT2D eigenvalue weighted by Gasteiger charge is 2.07. The van der Waals surface area contributed by atoms with Crippen LogP contribution in [0.15, 0.2) is 24.3 Å². The molecule has 0 saturated heterocycles. The molecule has 0 aliphatic rings. The molecule has 0 saturated carbocycles. The maximum absolute atomic E-state index is 9.09. The number of anilines is 2. The standard InChI is InChI=1S/C13H15ClN4O/c1-8-11(15)12(18-13(14)17-8)16-6-9-3-2-4-10(5-9)7-19/h2-5,19H,6-7,15H2,1H3,(H,16,17,18). The Kier molecular flexibility index (Phi) is 4.19. The van der Waals surface area contributed by atoms with E-state index in [-0.39, 0.29) is 11.9 Å². The molecule has 6 heteroatoms. The number of aliphatic hydroxyl groups is 1. The molecule has 2 rings (SSSR count). The van der Waals surface area contributed by atoms with Gasteiger partial charge in [0.25, 0.3) is 0 Å². The number of nitrogens with one attached hydrogen (secondary N) is 1. The van der Waals surface area contributed by atoms with E-state index in [0.29, 0.717) is 23.7 Å². The molecular formula is C13H15ClN4O. The van der Waals surface area contributed by atoms with Gasteiger partial charge in [-0.3, -0.25) is 0 Å². The summed E-state index contributed by atoms with van der Waals surface area (Å²) in [4.78, 5) is 8.03. The minimum absolute atomic E-state index is 0.0222. The topological polar surface area (TPSA) is 84.1 Å². The highest BCUT2D eigenvalue weighted by Crippen LogP contribution is 2.21. The Morgan fingerprint density at radius 1 is 1.32 bits per heavy atom. The quantitative estimate of drug-likeness (QED) is 0.746. The Morgan fingerprint density at radius 2 is 2.05 bits per heavy atom. The average molecular weight is 279 g/mol. The molecule has 0 spiro atoms. The van der Waals surface area contributed by atoms with E-state index >= 15 is 0 Å². The first kappa shape index (κ1) is 13.6. The number of rotatable bonds is 4. The summed E-state index contributed by atoms with van der Waals surface area (Å²) in [6, 6.07) is 7.63. The van der Waals surface area contributed by atoms with Crippen molar-refractivity contribution in [2.75, 3.05) is 11.1 Å². The number of benzene rings is 1. The number of nitrogens with zero attached hydrogens (tertiary/aromatic N) is 2. The lowest BCUT2D eigenvalue weighted by molar-refractivity contribution is 0.281. The maximum Gasteiger partial charge on any atom is 0.224 e. The predicted octanol–water partition coefficient (Wildman–Crippen LogP) is 2.13. The van der Waals surface area contributed by atoms with E-state index in [1.807, 2.05) is 24.3 Å². The molecule has 2 aromatic rings. The Hall–Kier alpha value is -1.85. The van der Waals surface area contributed by atoms with Gasteiger partial charge < -0.3 is 16.2 Å². The van der Waals surface area contributed by atoms with Gasteiger partial charge in [0.15, 0.2) is 5.82 Å². The summed E-state index contributed by atoms with van der Waals surface area (Å²) >= 11 is 5.80. The number of hydrogen-bond acceptors (Lipinski definition) is 5. The summed E-state index contributed by atoms with van der Waals surface area (Å²) in [5.41, 5.74) is 8.91. The zero-order chi connectivity index (χ0) is 13.8. The second-order valence-electron chi connectivity index (χ2n) is 4.17. The van der Waals surface area contributed by atoms with Gasteiger partial charge in [0, 0.05) is 6.54 Å². The van der Waals surface area contributed by atoms with Crippen LogP contribution in [0.4, 0.5) is 11.5 Å². The molecule has 19 heavy (non-hydrogen) atoms. The fourth-order valence-corrected chi connectivity index (χ4v) is 1.92. The third kappa shape index (κ3) is 3.33. The van der Waals surface area contributed by atoms with Crippen molar-refractivity contribution >= 4 is 23.1 Å². The number of aromatic nitrogens is 2. The van der Waals surface area contributed by atoms with Crippen LogP contribution in [0.25, 0.3) is 0 Å². The van der Waals surface area contributed by atoms with Gasteiger partial charge in [-0.25, -0.2) is 4.98 Å². The molecule has 100 valence electrons. The van der Waals surface area contributed by atoms with Crippen molar-refractivity contribution in [2.45, 2.75) is 20.1 Å². The SMILES string of the molecule is Cc1nc(Cl)nc(NCc2cccc(CO)c2)c1N. The molecule has 0 aliphatic heterocycles. The Bertz CT molecular complexity index is 589. The van der Waals surface area contributed by atoms with Gasteiger partial charge in [0.05, 0.1) is 18.0 Å². The number of aliphatic hydroxyl groups excluding tert-OH is 1. The third-order valence-corrected chi connectivity index (χ3v) is 2.91. The molecule has 1 aromatic carbocycles. The van der Waals surface area contributed by atoms with Gasteiger partial charge >= 0.3 is 0 Å². The number of hydrogen-bond donors (Lipinski definition) is 3. The lowest BCUT2D eigenvalue weighted by Crippen LogP contribution is -2.07. The molecule has 1 aromatic heterocycles. The minimum atomic E-state index is 0.0222. The third-order valence-electron chi connectivity index (χ3n) is 2.74. The predicted molar refractivity (Wildman–Crippen MR) is 75.9 cm³/mol. The summed E-state index contributed by atoms with van der Waals surface area (Å²) in [5.74, 6) is 0.520. The average Bonchev–Trinajstić information content (AvgIpc) is 2.41. The fraction of sp³-hybridized carbons (Fsp3) is 0.231. The molecule has 0 unspecified atom stereocenters. The van der Waals surface area contributed by atoms with Crippen LogP contribution in [-0.2, 0) is 13.2 Å². The van der Waals surface area contributed by atoms with Crippen molar-refractivity contribution in [2.24, 2.45) is 0 Å². The molecule has 0 fully saturated rings. The molecule has 0 radical (unpaired) electrons. The van der Waals surface area contributed by atoms with E-state index in [9.17, 15) is 0 Å². The highest BCUT2D eigenvalue weighted by molar-refractivity contribution is 6.28. The van der Waals surface area contributed by atoms with Gasteiger partial charge in [-0.1, -0.05) is 24.3 Å². The van der Waals surface area contributed by atoms with E-state index in [2.05, 4.69) is 15.3 Å². The van der Waals surface area contributed by atoms with Crippen LogP contribution in [-0.4, -0.2) is 15.1 Å². The number of halogens is 1. The maximum atomic E-state index is 9.09. The molecule has 5 nitrogen and oxygen atoms in total. The van der Waals surface area contributed by atoms with Crippen LogP contribution < -0.4 is 11.1 Å². The van der Waals surface area contributed by atoms with Crippen molar-refractivity contribution < 1.29 is 5.11 Å². The lowest BCUT2D eigenvalue weighted by atomic mass is 10.1. The number of nitrogen functional groups attached to an aromatic ring is 1. The van der Waals surface area contributed by atoms with E-state index in [0.717, 1.165) is 11.1 Å². The van der Waals surface area contributed by atoms with Gasteiger partial charge in [0.1, 0.15) is 0 Å². The first-order valence-corrected chi connectivity index (χ1v) is 6.20. The first-order chi connectivity index (χ1) is 9.10. The van der Waals surface area contributed by atoms with Gasteiger partial charge in [-0.2, -0.15) is 4.98 Å². The monoisotopic (exact) mass is 278 g/mol. The summed E-state index contributed by atoms with van der Waals surface area (Å²) in [7, 11) is 0. The van der Waals surface area contributed by atoms with Crippen molar-refractivity contribution in [3.8, 4) is 0 Å². The van der Waals surface area contributed by atoms with E-state index < -0.39 is 0 Å². The molecule has 0 amide bonds. The van der Waals surface area contributed by atoms with E-state index in [4.69, 9.17) is 22.4 Å². The smallest absolute Gasteiger partial charge is 0.224 e. The summed E-state index contributed by atoms with van der Waals surface area (Å²) in [6.45, 7) is 2.35. The Labute approximate surface area is 116 Å². The molecule has 0 bridgehead atoms. The van der Waals surface area contributed by atoms with Crippen LogP contribution in [0.2, 0.25) is 5.28 Å². The second-order valence-corrected chi connectivity index (χ2v) is 4.51. The zero-order valence-corrected chi connectivity index (χ0v) is 11.3. The van der Waals surface area contributed by atoms with Crippen LogP contribution in [0, 0.1) is 6.92 Å². The van der Waals surface area contributed by atoms with Crippen molar-refractivity contribution in [3.63, 3.8) is 0 Å². The fourth-order valence-electron chi connectivity index (χ4n) is 1.71. The molecule has 4 N–H and O–H groups in total. The summed E-state index contributed by atoms with van der Waals surface area (Å²) in [5, 5.41) is 12.4. The summed E-state index contributed by atoms with van der Waals surface area (Å²) in [6.07, 6.45) is 0. The largest absolute Gasteiger partial charge is 0.394 e. The number of aryl methyl sites for hydroxylation is 1. The molecular weight excluding hydrogens is 264 g/mol. The van der Waals surface area contributed by atoms with Crippen LogP contribution in [0.3, 0.4) is 0 Å². The van der Waals surface area contributed by atoms with Crippen molar-refractivity contribution in [1.29, 1.82) is 0 Å². The summed E-state index contributed by atoms with van der Waals surface area (Å²) < 4.78 is 0. The molecule has 1 heterocycles. The van der Waals surface area contributed by atoms with Gasteiger partial charge in [-0.05, 0) is 29.7 Å². The normalized spacial score (nSPS) is 10.5. The molecule has 0 aliphatic carbocycles. The highest BCUT2D eigenvalue weighted by atomic mass is 35.5. The second kappa shape index (κ2) is 5.86. The minimum Gasteiger partial charge on any atom is -0.394 e. The Balaban J connectivity index is 2.14. The van der Waals surface area contributed by atoms with Crippen LogP contribution >= 0.6 is 11.6 Å². The van der Waals surface area contributed by atoms with Crippen molar-refractivity contribution in [1.82, 2.24) is 9.97 Å². The van der Waals surface area contributed by atoms with Crippen molar-refractivity contribution in [3.05, 3.63) is 46.4 Å². The van der Waals surface area contributed by atoms with E-state index in [1.54, 1.807) is 6.92 Å². The zero-order valence-electron chi connectivity index (χ0n) is 10.5. The molecule has 0 atom stereocenters. The van der Waals surface area contributed by atoms with Gasteiger partial charge in [-0.15, -0.1) is 0 Å². The Morgan fingerprint density at radius 3 is 2.79 bits per heavy atom. The van der Waals surface area contributed by atoms with E-state index in [1.165, 1.54) is 0 Å². The van der Waals surface area contributed by atoms with Crippen LogP contribution in [0.1, 0.15) is 16.8 Å². The lowest BCUT2D eigenvalue weighted by Gasteiger charge is -2.10. The van der Waals surface area contributed by atoms with Gasteiger partial charge in [0.2, 0.25) is 5.28 Å². The first-order valence-electron chi connectivity index (χ1n) is 5.82. The van der Waals surface area contributed by atoms with Crippen LogP contribution in [0.5, 0.6) is 0 Å². The number of nitrogens with two attached hydrogens (primary N) is 1.